The number of allylic oxidation sites excluding steroid dienone is 6. The van der Waals surface area contributed by atoms with Gasteiger partial charge in [-0.05, 0) is 116 Å². The molecule has 1 aliphatic rings. The van der Waals surface area contributed by atoms with Gasteiger partial charge >= 0.3 is 0 Å². The van der Waals surface area contributed by atoms with E-state index in [4.69, 9.17) is 0 Å². The van der Waals surface area contributed by atoms with Crippen LogP contribution in [0.1, 0.15) is 369 Å². The maximum atomic E-state index is 14.2. The molecule has 3 N–H and O–H groups in total. The molecule has 0 spiro atoms. The Hall–Kier alpha value is -2.37. The molecule has 0 atom stereocenters. The third-order valence-corrected chi connectivity index (χ3v) is 17.4. The molecule has 0 saturated heterocycles. The zero-order valence-corrected chi connectivity index (χ0v) is 53.4. The lowest BCUT2D eigenvalue weighted by Gasteiger charge is -2.50. The molecule has 6 heteroatoms. The summed E-state index contributed by atoms with van der Waals surface area (Å²) in [5.41, 5.74) is -2.45. The highest BCUT2D eigenvalue weighted by Crippen LogP contribution is 2.55. The number of carbonyl (C=O) groups excluding carboxylic acids is 3. The Morgan fingerprint density at radius 2 is 0.410 bits per heavy atom. The second-order valence-corrected chi connectivity index (χ2v) is 25.9. The molecule has 0 aliphatic heterocycles. The number of carbonyl (C=O) groups is 3. The highest BCUT2D eigenvalue weighted by molar-refractivity contribution is 5.90. The van der Waals surface area contributed by atoms with Gasteiger partial charge in [-0.15, -0.1) is 0 Å². The van der Waals surface area contributed by atoms with E-state index >= 15 is 0 Å². The summed E-state index contributed by atoms with van der Waals surface area (Å²) in [6, 6.07) is 0. The van der Waals surface area contributed by atoms with Crippen molar-refractivity contribution >= 4 is 17.7 Å². The second-order valence-electron chi connectivity index (χ2n) is 25.9. The molecule has 0 aromatic rings. The van der Waals surface area contributed by atoms with Crippen LogP contribution in [0.15, 0.2) is 36.5 Å². The van der Waals surface area contributed by atoms with Crippen molar-refractivity contribution in [3.8, 4) is 0 Å². The van der Waals surface area contributed by atoms with Gasteiger partial charge in [-0.2, -0.15) is 0 Å². The Balaban J connectivity index is 2.54. The minimum absolute atomic E-state index is 0.00279. The van der Waals surface area contributed by atoms with Gasteiger partial charge in [-0.25, -0.2) is 0 Å². The molecular weight excluding hydrogens is 955 g/mol. The van der Waals surface area contributed by atoms with Gasteiger partial charge in [-0.3, -0.25) is 14.4 Å². The van der Waals surface area contributed by atoms with Crippen molar-refractivity contribution in [2.24, 2.45) is 16.2 Å². The fourth-order valence-electron chi connectivity index (χ4n) is 12.7. The number of unbranched alkanes of at least 4 members (excludes halogenated alkanes) is 42. The minimum atomic E-state index is -0.816. The first-order chi connectivity index (χ1) is 38.1. The van der Waals surface area contributed by atoms with E-state index < -0.39 is 16.2 Å². The van der Waals surface area contributed by atoms with Crippen LogP contribution in [0.3, 0.4) is 0 Å². The fourth-order valence-corrected chi connectivity index (χ4v) is 12.7. The van der Waals surface area contributed by atoms with Gasteiger partial charge in [0.25, 0.3) is 0 Å². The summed E-state index contributed by atoms with van der Waals surface area (Å²) in [7, 11) is 0. The molecule has 0 bridgehead atoms. The molecular formula is C72H135N3O3. The fraction of sp³-hybridized carbons (Fsp3) is 0.875. The molecule has 0 unspecified atom stereocenters. The molecule has 0 radical (unpaired) electrons. The summed E-state index contributed by atoms with van der Waals surface area (Å²) in [6.45, 7) is 14.8. The Labute approximate surface area is 487 Å². The molecule has 1 saturated carbocycles. The Morgan fingerprint density at radius 1 is 0.256 bits per heavy atom. The van der Waals surface area contributed by atoms with Gasteiger partial charge < -0.3 is 16.0 Å². The topological polar surface area (TPSA) is 87.3 Å². The predicted molar refractivity (Wildman–Crippen MR) is 343 cm³/mol. The lowest BCUT2D eigenvalue weighted by Crippen LogP contribution is -2.58. The van der Waals surface area contributed by atoms with E-state index in [2.05, 4.69) is 73.2 Å². The van der Waals surface area contributed by atoms with E-state index in [1.54, 1.807) is 0 Å². The highest BCUT2D eigenvalue weighted by Gasteiger charge is 2.57. The van der Waals surface area contributed by atoms with Crippen LogP contribution < -0.4 is 16.0 Å². The van der Waals surface area contributed by atoms with Crippen LogP contribution in [0.5, 0.6) is 0 Å². The Bertz CT molecular complexity index is 1290. The molecule has 78 heavy (non-hydrogen) atoms. The molecule has 1 rings (SSSR count). The average molecular weight is 1090 g/mol. The monoisotopic (exact) mass is 1090 g/mol. The molecule has 1 aliphatic carbocycles. The number of rotatable bonds is 57. The van der Waals surface area contributed by atoms with Crippen molar-refractivity contribution < 1.29 is 14.4 Å². The zero-order valence-electron chi connectivity index (χ0n) is 53.4. The van der Waals surface area contributed by atoms with E-state index in [9.17, 15) is 14.4 Å². The molecule has 1 fully saturated rings. The van der Waals surface area contributed by atoms with Crippen molar-refractivity contribution in [2.45, 2.75) is 369 Å². The first kappa shape index (κ1) is 73.6. The second kappa shape index (κ2) is 52.7. The number of nitrogens with one attached hydrogen (secondary N) is 3. The van der Waals surface area contributed by atoms with Crippen LogP contribution in [-0.2, 0) is 14.4 Å². The molecule has 0 aromatic heterocycles. The first-order valence-electron chi connectivity index (χ1n) is 34.9. The van der Waals surface area contributed by atoms with E-state index in [-0.39, 0.29) is 17.7 Å². The van der Waals surface area contributed by atoms with Crippen molar-refractivity contribution in [3.63, 3.8) is 0 Å². The van der Waals surface area contributed by atoms with E-state index in [0.29, 0.717) is 38.9 Å². The third kappa shape index (κ3) is 41.6. The number of hydrogen-bond donors (Lipinski definition) is 3. The standard InChI is InChI=1S/C72H135N3O3/c1-7-10-13-16-19-22-25-28-31-34-37-40-43-46-49-52-55-58-61-73-67(76)70(4)64-71(5,68(77)74-62-59-56-53-50-47-44-41-38-35-32-29-26-23-20-17-14-11-8-2)66-72(6,65-70)69(78)75-63-60-57-54-51-48-45-42-39-36-33-30-27-24-21-18-15-12-9-3/h34-39H,7-33,40-66H2,1-6H3,(H,73,76)(H,74,77)(H,75,78)/b37-34-,38-35-,39-36-. The summed E-state index contributed by atoms with van der Waals surface area (Å²) >= 11 is 0. The maximum Gasteiger partial charge on any atom is 0.226 e. The minimum Gasteiger partial charge on any atom is -0.356 e. The van der Waals surface area contributed by atoms with Crippen molar-refractivity contribution in [1.82, 2.24) is 16.0 Å². The van der Waals surface area contributed by atoms with Crippen LogP contribution in [0.25, 0.3) is 0 Å². The molecule has 0 heterocycles. The van der Waals surface area contributed by atoms with Crippen LogP contribution in [-0.4, -0.2) is 37.4 Å². The zero-order chi connectivity index (χ0) is 56.8. The van der Waals surface area contributed by atoms with Gasteiger partial charge in [0.15, 0.2) is 0 Å². The van der Waals surface area contributed by atoms with E-state index in [1.807, 2.05) is 20.8 Å². The van der Waals surface area contributed by atoms with Crippen LogP contribution >= 0.6 is 0 Å². The van der Waals surface area contributed by atoms with Crippen molar-refractivity contribution in [1.29, 1.82) is 0 Å². The molecule has 456 valence electrons. The summed E-state index contributed by atoms with van der Waals surface area (Å²) in [5, 5.41) is 9.88. The molecule has 0 aromatic carbocycles. The SMILES string of the molecule is CCCCCCCCCC/C=C\CCCCCCCCNC(=O)C1(C)CC(C)(C(=O)NCCCCCCCC/C=C\CCCCCCCCCC)CC(C)(C(=O)NCCCCCCCC/C=C\CCCCCCCCCC)C1. The van der Waals surface area contributed by atoms with Crippen LogP contribution in [0.4, 0.5) is 0 Å². The summed E-state index contributed by atoms with van der Waals surface area (Å²) in [4.78, 5) is 42.7. The third-order valence-electron chi connectivity index (χ3n) is 17.4. The Morgan fingerprint density at radius 3 is 0.590 bits per heavy atom. The van der Waals surface area contributed by atoms with Gasteiger partial charge in [-0.1, -0.05) is 290 Å². The normalized spacial score (nSPS) is 18.7. The quantitative estimate of drug-likeness (QED) is 0.0419. The summed E-state index contributed by atoms with van der Waals surface area (Å²) < 4.78 is 0. The molecule has 3 amide bonds. The van der Waals surface area contributed by atoms with Gasteiger partial charge in [0.2, 0.25) is 17.7 Å². The van der Waals surface area contributed by atoms with E-state index in [1.165, 1.54) is 270 Å². The first-order valence-corrected chi connectivity index (χ1v) is 34.9. The van der Waals surface area contributed by atoms with Crippen molar-refractivity contribution in [2.75, 3.05) is 19.6 Å². The van der Waals surface area contributed by atoms with Gasteiger partial charge in [0.1, 0.15) is 0 Å². The molecule has 6 nitrogen and oxygen atoms in total. The smallest absolute Gasteiger partial charge is 0.226 e. The van der Waals surface area contributed by atoms with Gasteiger partial charge in [0, 0.05) is 35.9 Å². The van der Waals surface area contributed by atoms with Crippen molar-refractivity contribution in [3.05, 3.63) is 36.5 Å². The summed E-state index contributed by atoms with van der Waals surface area (Å²) in [6.07, 6.45) is 77.3. The summed E-state index contributed by atoms with van der Waals surface area (Å²) in [5.74, 6) is -0.00837. The van der Waals surface area contributed by atoms with Gasteiger partial charge in [0.05, 0.1) is 0 Å². The van der Waals surface area contributed by atoms with Crippen LogP contribution in [0, 0.1) is 16.2 Å². The lowest BCUT2D eigenvalue weighted by atomic mass is 9.53. The highest BCUT2D eigenvalue weighted by atomic mass is 16.2. The maximum absolute atomic E-state index is 14.2. The largest absolute Gasteiger partial charge is 0.356 e. The number of amides is 3. The lowest BCUT2D eigenvalue weighted by molar-refractivity contribution is -0.154. The predicted octanol–water partition coefficient (Wildman–Crippen LogP) is 22.0. The number of hydrogen-bond acceptors (Lipinski definition) is 3. The average Bonchev–Trinajstić information content (AvgIpc) is 3.55. The Kier molecular flexibility index (Phi) is 49.7. The van der Waals surface area contributed by atoms with Crippen LogP contribution in [0.2, 0.25) is 0 Å². The van der Waals surface area contributed by atoms with E-state index in [0.717, 1.165) is 38.5 Å².